The van der Waals surface area contributed by atoms with Gasteiger partial charge in [-0.25, -0.2) is 9.97 Å². The molecule has 4 heteroatoms. The monoisotopic (exact) mass is 798 g/mol. The number of allylic oxidation sites excluding steroid dienone is 4. The quantitative estimate of drug-likeness (QED) is 0.176. The third-order valence-electron chi connectivity index (χ3n) is 14.5. The zero-order valence-electron chi connectivity index (χ0n) is 35.7. The Bertz CT molecular complexity index is 3490. The van der Waals surface area contributed by atoms with Crippen molar-refractivity contribution >= 4 is 87.4 Å². The first-order valence-electron chi connectivity index (χ1n) is 22.6. The lowest BCUT2D eigenvalue weighted by molar-refractivity contribution is 0.822. The van der Waals surface area contributed by atoms with Gasteiger partial charge in [0.15, 0.2) is 0 Å². The van der Waals surface area contributed by atoms with Crippen LogP contribution in [0.5, 0.6) is 0 Å². The van der Waals surface area contributed by atoms with Crippen LogP contribution in [-0.2, 0) is 0 Å². The van der Waals surface area contributed by atoms with Gasteiger partial charge in [-0.05, 0) is 164 Å². The molecule has 2 N–H and O–H groups in total. The smallest absolute Gasteiger partial charge is 0.0694 e. The van der Waals surface area contributed by atoms with Crippen LogP contribution in [0.15, 0.2) is 121 Å². The molecular formula is C58H46N4. The van der Waals surface area contributed by atoms with Crippen LogP contribution in [0.2, 0.25) is 0 Å². The van der Waals surface area contributed by atoms with E-state index < -0.39 is 0 Å². The molecule has 2 aliphatic carbocycles. The molecule has 8 bridgehead atoms. The van der Waals surface area contributed by atoms with Crippen LogP contribution in [0.3, 0.4) is 0 Å². The van der Waals surface area contributed by atoms with Crippen molar-refractivity contribution in [2.45, 2.75) is 66.2 Å². The maximum absolute atomic E-state index is 5.50. The summed E-state index contributed by atoms with van der Waals surface area (Å²) in [5.41, 5.74) is 24.1. The number of H-pyrrole nitrogens is 2. The Morgan fingerprint density at radius 2 is 0.790 bits per heavy atom. The van der Waals surface area contributed by atoms with E-state index in [0.29, 0.717) is 0 Å². The first-order valence-corrected chi connectivity index (χ1v) is 22.6. The number of benzene rings is 6. The predicted molar refractivity (Wildman–Crippen MR) is 264 cm³/mol. The summed E-state index contributed by atoms with van der Waals surface area (Å²) in [6.45, 7) is 9.11. The van der Waals surface area contributed by atoms with Crippen LogP contribution in [0.4, 0.5) is 0 Å². The summed E-state index contributed by atoms with van der Waals surface area (Å²) in [5, 5.41) is 10.1. The number of nitrogens with zero attached hydrogens (tertiary/aromatic N) is 2. The van der Waals surface area contributed by atoms with Gasteiger partial charge in [0.25, 0.3) is 0 Å². The Hall–Kier alpha value is -7.04. The first kappa shape index (κ1) is 35.7. The second-order valence-electron chi connectivity index (χ2n) is 17.9. The molecule has 5 heterocycles. The highest BCUT2D eigenvalue weighted by molar-refractivity contribution is 6.32. The number of rotatable bonds is 6. The van der Waals surface area contributed by atoms with Gasteiger partial charge in [-0.15, -0.1) is 0 Å². The van der Waals surface area contributed by atoms with E-state index in [2.05, 4.69) is 159 Å². The lowest BCUT2D eigenvalue weighted by Gasteiger charge is -2.06. The lowest BCUT2D eigenvalue weighted by atomic mass is 9.96. The molecule has 13 rings (SSSR count). The van der Waals surface area contributed by atoms with Gasteiger partial charge < -0.3 is 9.97 Å². The van der Waals surface area contributed by atoms with Gasteiger partial charge in [0.2, 0.25) is 0 Å². The maximum Gasteiger partial charge on any atom is 0.0694 e. The molecule has 4 nitrogen and oxygen atoms in total. The molecule has 2 aliphatic heterocycles. The number of hydrogen-bond donors (Lipinski definition) is 2. The fraction of sp³-hybridized carbons (Fsp3) is 0.172. The number of aromatic amines is 2. The largest absolute Gasteiger partial charge is 0.354 e. The SMILES string of the molecule is CCCCC1=C(C)c2cc3[nH]c(cc4[nH]c(cc5nc(cc1n2)C(CCCC)=C5C)c1cc2c5c(cccc5c41)-c1ccccc1-2)c1c3cc2c3c(cccc31)-c1ccccc1-2. The van der Waals surface area contributed by atoms with Crippen molar-refractivity contribution in [3.63, 3.8) is 0 Å². The lowest BCUT2D eigenvalue weighted by Crippen LogP contribution is -1.88. The minimum absolute atomic E-state index is 0.995. The zero-order chi connectivity index (χ0) is 41.4. The van der Waals surface area contributed by atoms with Crippen LogP contribution in [0.1, 0.15) is 89.0 Å². The van der Waals surface area contributed by atoms with Crippen LogP contribution >= 0.6 is 0 Å². The molecule has 3 aromatic heterocycles. The summed E-state index contributed by atoms with van der Waals surface area (Å²) in [7, 11) is 0. The van der Waals surface area contributed by atoms with Crippen molar-refractivity contribution in [2.24, 2.45) is 0 Å². The predicted octanol–water partition coefficient (Wildman–Crippen LogP) is 16.5. The van der Waals surface area contributed by atoms with Crippen LogP contribution in [0, 0.1) is 0 Å². The molecule has 0 saturated heterocycles. The van der Waals surface area contributed by atoms with Gasteiger partial charge in [0.05, 0.1) is 22.8 Å². The third kappa shape index (κ3) is 4.89. The van der Waals surface area contributed by atoms with Gasteiger partial charge in [0, 0.05) is 43.6 Å². The molecule has 0 fully saturated rings. The minimum Gasteiger partial charge on any atom is -0.354 e. The average molecular weight is 799 g/mol. The minimum atomic E-state index is 0.995. The van der Waals surface area contributed by atoms with Crippen molar-refractivity contribution in [3.05, 3.63) is 144 Å². The van der Waals surface area contributed by atoms with Crippen LogP contribution in [-0.4, -0.2) is 19.9 Å². The Balaban J connectivity index is 1.24. The Kier molecular flexibility index (Phi) is 7.62. The zero-order valence-corrected chi connectivity index (χ0v) is 35.7. The molecule has 0 radical (unpaired) electrons. The summed E-state index contributed by atoms with van der Waals surface area (Å²) in [6.07, 6.45) is 6.49. The van der Waals surface area contributed by atoms with E-state index in [1.165, 1.54) is 110 Å². The van der Waals surface area contributed by atoms with Crippen molar-refractivity contribution < 1.29 is 0 Å². The normalized spacial score (nSPS) is 13.7. The summed E-state index contributed by atoms with van der Waals surface area (Å²) >= 11 is 0. The highest BCUT2D eigenvalue weighted by Crippen LogP contribution is 2.53. The van der Waals surface area contributed by atoms with Crippen molar-refractivity contribution in [3.8, 4) is 44.5 Å². The first-order chi connectivity index (χ1) is 30.5. The molecule has 9 aromatic rings. The van der Waals surface area contributed by atoms with Crippen molar-refractivity contribution in [1.82, 2.24) is 19.9 Å². The number of unbranched alkanes of at least 4 members (excludes halogenated alkanes) is 2. The molecule has 0 saturated carbocycles. The van der Waals surface area contributed by atoms with Gasteiger partial charge in [-0.2, -0.15) is 0 Å². The van der Waals surface area contributed by atoms with Gasteiger partial charge in [-0.3, -0.25) is 0 Å². The second kappa shape index (κ2) is 13.2. The second-order valence-corrected chi connectivity index (χ2v) is 17.9. The molecule has 0 unspecified atom stereocenters. The summed E-state index contributed by atoms with van der Waals surface area (Å²) in [5.74, 6) is 0. The number of fused-ring (bicyclic) bond motifs is 22. The number of nitrogens with one attached hydrogen (secondary N) is 2. The molecule has 0 atom stereocenters. The number of hydrogen-bond acceptors (Lipinski definition) is 2. The fourth-order valence-corrected chi connectivity index (χ4v) is 11.4. The highest BCUT2D eigenvalue weighted by Gasteiger charge is 2.27. The number of aromatic nitrogens is 4. The summed E-state index contributed by atoms with van der Waals surface area (Å²) < 4.78 is 0. The van der Waals surface area contributed by atoms with E-state index in [1.807, 2.05) is 0 Å². The standard InChI is InChI=1S/C58H46N4/c1-5-7-15-33-31(3)47-27-51-45-25-43-37-19-11-9-17-35(37)39-21-13-23-41(55(39)43)57(45)53(61-51)30-54-58-42-24-14-22-40-36-18-10-12-20-38(36)44(56(40)42)26-46(58)52(62-54)28-48-32(4)34(16-8-6-2)50(60-48)29-49(33)59-47/h9-14,17-30,61-62H,5-8,15-16H2,1-4H3. The molecule has 62 heavy (non-hydrogen) atoms. The van der Waals surface area contributed by atoms with E-state index in [-0.39, 0.29) is 0 Å². The molecule has 298 valence electrons. The summed E-state index contributed by atoms with van der Waals surface area (Å²) in [6, 6.07) is 45.7. The molecular weight excluding hydrogens is 753 g/mol. The van der Waals surface area contributed by atoms with Crippen LogP contribution in [0.25, 0.3) is 132 Å². The van der Waals surface area contributed by atoms with Gasteiger partial charge >= 0.3 is 0 Å². The highest BCUT2D eigenvalue weighted by atomic mass is 14.8. The molecule has 0 amide bonds. The molecule has 0 spiro atoms. The third-order valence-corrected chi connectivity index (χ3v) is 14.5. The fourth-order valence-electron chi connectivity index (χ4n) is 11.4. The van der Waals surface area contributed by atoms with Gasteiger partial charge in [0.1, 0.15) is 0 Å². The van der Waals surface area contributed by atoms with E-state index in [4.69, 9.17) is 9.97 Å². The van der Waals surface area contributed by atoms with Crippen LogP contribution < -0.4 is 0 Å². The van der Waals surface area contributed by atoms with E-state index >= 15 is 0 Å². The van der Waals surface area contributed by atoms with E-state index in [9.17, 15) is 0 Å². The Morgan fingerprint density at radius 1 is 0.371 bits per heavy atom. The maximum atomic E-state index is 5.50. The molecule has 4 aliphatic rings. The van der Waals surface area contributed by atoms with E-state index in [0.717, 1.165) is 83.4 Å². The summed E-state index contributed by atoms with van der Waals surface area (Å²) in [4.78, 5) is 19.1. The topological polar surface area (TPSA) is 57.4 Å². The molecule has 6 aromatic carbocycles. The Labute approximate surface area is 360 Å². The van der Waals surface area contributed by atoms with Gasteiger partial charge in [-0.1, -0.05) is 112 Å². The van der Waals surface area contributed by atoms with Crippen molar-refractivity contribution in [2.75, 3.05) is 0 Å². The Morgan fingerprint density at radius 3 is 1.23 bits per heavy atom. The van der Waals surface area contributed by atoms with Crippen molar-refractivity contribution in [1.29, 1.82) is 0 Å². The average Bonchev–Trinajstić information content (AvgIpc) is 4.12. The van der Waals surface area contributed by atoms with E-state index in [1.54, 1.807) is 0 Å².